The van der Waals surface area contributed by atoms with Gasteiger partial charge in [0.1, 0.15) is 11.6 Å². The second-order valence-electron chi connectivity index (χ2n) is 5.30. The molecule has 7 heteroatoms. The van der Waals surface area contributed by atoms with E-state index >= 15 is 0 Å². The van der Waals surface area contributed by atoms with E-state index in [9.17, 15) is 9.90 Å². The van der Waals surface area contributed by atoms with Gasteiger partial charge in [0.15, 0.2) is 0 Å². The number of nitrogens with two attached hydrogens (primary N) is 1. The normalized spacial score (nSPS) is 11.7. The molecule has 0 fully saturated rings. The lowest BCUT2D eigenvalue weighted by Gasteiger charge is -2.19. The van der Waals surface area contributed by atoms with Gasteiger partial charge in [-0.15, -0.1) is 11.3 Å². The number of benzene rings is 1. The number of nitrogens with zero attached hydrogens (tertiary/aromatic N) is 1. The molecule has 1 amide bonds. The quantitative estimate of drug-likeness (QED) is 0.654. The van der Waals surface area contributed by atoms with Crippen LogP contribution in [0.3, 0.4) is 0 Å². The number of phenols is 1. The standard InChI is InChI=1S/C18H17N3O3S/c1-24-15-8-7-13(17(19)20-15)18(23)21-16(14-6-3-9-25-14)11-4-2-5-12(22)10-11/h2-10,16,22H,1H3,(H2,19,20)(H,21,23). The van der Waals surface area contributed by atoms with Crippen molar-refractivity contribution in [3.8, 4) is 11.6 Å². The van der Waals surface area contributed by atoms with Crippen LogP contribution in [-0.2, 0) is 0 Å². The van der Waals surface area contributed by atoms with E-state index in [1.165, 1.54) is 18.4 Å². The number of rotatable bonds is 5. The molecule has 1 unspecified atom stereocenters. The maximum absolute atomic E-state index is 12.7. The number of nitrogen functional groups attached to an aromatic ring is 1. The first-order valence-electron chi connectivity index (χ1n) is 7.52. The van der Waals surface area contributed by atoms with Crippen LogP contribution >= 0.6 is 11.3 Å². The molecule has 0 saturated heterocycles. The van der Waals surface area contributed by atoms with Crippen LogP contribution in [0.1, 0.15) is 26.8 Å². The van der Waals surface area contributed by atoms with Gasteiger partial charge in [0.2, 0.25) is 5.88 Å². The molecule has 0 bridgehead atoms. The van der Waals surface area contributed by atoms with E-state index in [-0.39, 0.29) is 23.0 Å². The third kappa shape index (κ3) is 3.72. The van der Waals surface area contributed by atoms with Gasteiger partial charge < -0.3 is 20.9 Å². The average Bonchev–Trinajstić information content (AvgIpc) is 3.13. The lowest BCUT2D eigenvalue weighted by atomic mass is 10.0. The Bertz CT molecular complexity index is 881. The van der Waals surface area contributed by atoms with Gasteiger partial charge >= 0.3 is 0 Å². The Kier molecular flexibility index (Phi) is 4.85. The average molecular weight is 355 g/mol. The second-order valence-corrected chi connectivity index (χ2v) is 6.28. The Morgan fingerprint density at radius 3 is 2.76 bits per heavy atom. The summed E-state index contributed by atoms with van der Waals surface area (Å²) in [6.45, 7) is 0. The minimum absolute atomic E-state index is 0.0951. The highest BCUT2D eigenvalue weighted by Gasteiger charge is 2.21. The van der Waals surface area contributed by atoms with Crippen LogP contribution < -0.4 is 15.8 Å². The number of anilines is 1. The number of nitrogens with one attached hydrogen (secondary N) is 1. The van der Waals surface area contributed by atoms with E-state index in [4.69, 9.17) is 10.5 Å². The largest absolute Gasteiger partial charge is 0.508 e. The van der Waals surface area contributed by atoms with E-state index < -0.39 is 6.04 Å². The number of carbonyl (C=O) groups is 1. The molecule has 3 aromatic rings. The number of phenolic OH excluding ortho intramolecular Hbond substituents is 1. The molecule has 4 N–H and O–H groups in total. The number of methoxy groups -OCH3 is 1. The molecule has 25 heavy (non-hydrogen) atoms. The zero-order chi connectivity index (χ0) is 17.8. The molecule has 2 heterocycles. The van der Waals surface area contributed by atoms with Crippen molar-refractivity contribution in [1.82, 2.24) is 10.3 Å². The summed E-state index contributed by atoms with van der Waals surface area (Å²) in [5.74, 6) is 0.225. The first-order valence-corrected chi connectivity index (χ1v) is 8.40. The van der Waals surface area contributed by atoms with E-state index in [0.29, 0.717) is 5.88 Å². The maximum Gasteiger partial charge on any atom is 0.255 e. The fourth-order valence-electron chi connectivity index (χ4n) is 2.45. The summed E-state index contributed by atoms with van der Waals surface area (Å²) in [5, 5.41) is 14.6. The number of carbonyl (C=O) groups excluding carboxylic acids is 1. The summed E-state index contributed by atoms with van der Waals surface area (Å²) in [6.07, 6.45) is 0. The lowest BCUT2D eigenvalue weighted by Crippen LogP contribution is -2.29. The van der Waals surface area contributed by atoms with Crippen LogP contribution in [0.25, 0.3) is 0 Å². The minimum Gasteiger partial charge on any atom is -0.508 e. The molecule has 1 aromatic carbocycles. The topological polar surface area (TPSA) is 97.5 Å². The van der Waals surface area contributed by atoms with Gasteiger partial charge in [-0.25, -0.2) is 0 Å². The van der Waals surface area contributed by atoms with Crippen LogP contribution in [0.4, 0.5) is 5.82 Å². The molecule has 0 aliphatic rings. The van der Waals surface area contributed by atoms with Gasteiger partial charge in [-0.05, 0) is 35.2 Å². The summed E-state index contributed by atoms with van der Waals surface area (Å²) < 4.78 is 5.00. The van der Waals surface area contributed by atoms with Crippen LogP contribution in [0.15, 0.2) is 53.9 Å². The Balaban J connectivity index is 1.92. The predicted molar refractivity (Wildman–Crippen MR) is 96.9 cm³/mol. The Morgan fingerprint density at radius 2 is 2.12 bits per heavy atom. The summed E-state index contributed by atoms with van der Waals surface area (Å²) in [7, 11) is 1.48. The number of amides is 1. The fraction of sp³-hybridized carbons (Fsp3) is 0.111. The van der Waals surface area contributed by atoms with Crippen molar-refractivity contribution in [3.63, 3.8) is 0 Å². The van der Waals surface area contributed by atoms with Crippen LogP contribution in [0.2, 0.25) is 0 Å². The number of thiophene rings is 1. The first kappa shape index (κ1) is 16.8. The summed E-state index contributed by atoms with van der Waals surface area (Å²) in [6, 6.07) is 13.4. The SMILES string of the molecule is COc1ccc(C(=O)NC(c2cccc(O)c2)c2cccs2)c(N)n1. The van der Waals surface area contributed by atoms with Gasteiger partial charge in [-0.1, -0.05) is 18.2 Å². The van der Waals surface area contributed by atoms with Gasteiger partial charge in [0, 0.05) is 10.9 Å². The third-order valence-corrected chi connectivity index (χ3v) is 4.60. The third-order valence-electron chi connectivity index (χ3n) is 3.66. The molecule has 1 atom stereocenters. The van der Waals surface area contributed by atoms with E-state index in [2.05, 4.69) is 10.3 Å². The van der Waals surface area contributed by atoms with Gasteiger partial charge in [-0.3, -0.25) is 4.79 Å². The highest BCUT2D eigenvalue weighted by molar-refractivity contribution is 7.10. The van der Waals surface area contributed by atoms with Crippen molar-refractivity contribution in [2.24, 2.45) is 0 Å². The number of hydrogen-bond acceptors (Lipinski definition) is 6. The zero-order valence-corrected chi connectivity index (χ0v) is 14.3. The van der Waals surface area contributed by atoms with E-state index in [1.54, 1.807) is 30.3 Å². The Hall–Kier alpha value is -3.06. The molecule has 3 rings (SSSR count). The highest BCUT2D eigenvalue weighted by atomic mass is 32.1. The van der Waals surface area contributed by atoms with Crippen LogP contribution in [0.5, 0.6) is 11.6 Å². The molecular weight excluding hydrogens is 338 g/mol. The first-order chi connectivity index (χ1) is 12.1. The summed E-state index contributed by atoms with van der Waals surface area (Å²) in [4.78, 5) is 17.7. The molecule has 0 aliphatic carbocycles. The van der Waals surface area contributed by atoms with Crippen molar-refractivity contribution in [2.45, 2.75) is 6.04 Å². The molecule has 0 radical (unpaired) electrons. The van der Waals surface area contributed by atoms with Crippen LogP contribution in [-0.4, -0.2) is 23.1 Å². The van der Waals surface area contributed by atoms with Crippen molar-refractivity contribution >= 4 is 23.1 Å². The maximum atomic E-state index is 12.7. The fourth-order valence-corrected chi connectivity index (χ4v) is 3.25. The smallest absolute Gasteiger partial charge is 0.255 e. The summed E-state index contributed by atoms with van der Waals surface area (Å²) >= 11 is 1.52. The molecule has 0 saturated carbocycles. The number of hydrogen-bond donors (Lipinski definition) is 3. The van der Waals surface area contributed by atoms with Crippen molar-refractivity contribution in [2.75, 3.05) is 12.8 Å². The second kappa shape index (κ2) is 7.23. The summed E-state index contributed by atoms with van der Waals surface area (Å²) in [5.41, 5.74) is 6.91. The zero-order valence-electron chi connectivity index (χ0n) is 13.5. The van der Waals surface area contributed by atoms with Gasteiger partial charge in [0.25, 0.3) is 5.91 Å². The predicted octanol–water partition coefficient (Wildman–Crippen LogP) is 2.96. The molecule has 0 spiro atoms. The van der Waals surface area contributed by atoms with Crippen molar-refractivity contribution in [3.05, 3.63) is 69.9 Å². The molecule has 128 valence electrons. The molecule has 2 aromatic heterocycles. The van der Waals surface area contributed by atoms with E-state index in [1.807, 2.05) is 23.6 Å². The number of pyridine rings is 1. The van der Waals surface area contributed by atoms with Crippen LogP contribution in [0, 0.1) is 0 Å². The molecule has 6 nitrogen and oxygen atoms in total. The molecular formula is C18H17N3O3S. The van der Waals surface area contributed by atoms with Gasteiger partial charge in [-0.2, -0.15) is 4.98 Å². The van der Waals surface area contributed by atoms with Gasteiger partial charge in [0.05, 0.1) is 18.7 Å². The lowest BCUT2D eigenvalue weighted by molar-refractivity contribution is 0.0944. The molecule has 0 aliphatic heterocycles. The number of aromatic hydroxyl groups is 1. The van der Waals surface area contributed by atoms with E-state index in [0.717, 1.165) is 10.4 Å². The van der Waals surface area contributed by atoms with Crippen molar-refractivity contribution in [1.29, 1.82) is 0 Å². The monoisotopic (exact) mass is 355 g/mol. The Morgan fingerprint density at radius 1 is 1.28 bits per heavy atom. The minimum atomic E-state index is -0.402. The highest BCUT2D eigenvalue weighted by Crippen LogP contribution is 2.28. The Labute approximate surface area is 148 Å². The number of ether oxygens (including phenoxy) is 1. The van der Waals surface area contributed by atoms with Crippen molar-refractivity contribution < 1.29 is 14.6 Å². The number of aromatic nitrogens is 1.